The lowest BCUT2D eigenvalue weighted by Gasteiger charge is -2.16. The summed E-state index contributed by atoms with van der Waals surface area (Å²) in [4.78, 5) is 30.9. The first kappa shape index (κ1) is 21.0. The highest BCUT2D eigenvalue weighted by Gasteiger charge is 2.20. The molecule has 0 spiro atoms. The van der Waals surface area contributed by atoms with Crippen molar-refractivity contribution in [3.63, 3.8) is 0 Å². The van der Waals surface area contributed by atoms with Gasteiger partial charge in [0.2, 0.25) is 0 Å². The number of pyridine rings is 2. The van der Waals surface area contributed by atoms with E-state index in [1.165, 1.54) is 27.2 Å². The summed E-state index contributed by atoms with van der Waals surface area (Å²) >= 11 is 0. The van der Waals surface area contributed by atoms with Crippen LogP contribution in [0.3, 0.4) is 0 Å². The van der Waals surface area contributed by atoms with Gasteiger partial charge in [0.25, 0.3) is 11.5 Å². The molecule has 2 N–H and O–H groups in total. The van der Waals surface area contributed by atoms with E-state index >= 15 is 0 Å². The Balaban J connectivity index is 1.66. The number of fused-ring (bicyclic) bond motifs is 2. The molecule has 0 bridgehead atoms. The van der Waals surface area contributed by atoms with Gasteiger partial charge in [0.1, 0.15) is 22.6 Å². The molecule has 1 aliphatic rings. The molecule has 4 heterocycles. The van der Waals surface area contributed by atoms with Crippen LogP contribution in [-0.4, -0.2) is 39.1 Å². The van der Waals surface area contributed by atoms with Crippen molar-refractivity contribution in [1.82, 2.24) is 19.3 Å². The highest BCUT2D eigenvalue weighted by Crippen LogP contribution is 2.14. The van der Waals surface area contributed by atoms with E-state index in [0.717, 1.165) is 12.8 Å². The van der Waals surface area contributed by atoms with Gasteiger partial charge in [-0.25, -0.2) is 9.37 Å². The van der Waals surface area contributed by atoms with E-state index < -0.39 is 5.91 Å². The molecule has 1 aliphatic heterocycles. The summed E-state index contributed by atoms with van der Waals surface area (Å²) in [7, 11) is 0. The maximum Gasteiger partial charge on any atom is 0.267 e. The van der Waals surface area contributed by atoms with E-state index in [-0.39, 0.29) is 46.1 Å². The topological polar surface area (TPSA) is 101 Å². The third-order valence-corrected chi connectivity index (χ3v) is 5.83. The fraction of sp³-hybridized carbons (Fsp3) is 0.250. The predicted octanol–water partition coefficient (Wildman–Crippen LogP) is 2.22. The average Bonchev–Trinajstić information content (AvgIpc) is 3.35. The van der Waals surface area contributed by atoms with Gasteiger partial charge in [-0.3, -0.25) is 19.4 Å². The number of hydrogen-bond donors (Lipinski definition) is 2. The molecule has 1 atom stereocenters. The number of aromatic nitrogens is 3. The normalized spacial score (nSPS) is 15.8. The van der Waals surface area contributed by atoms with Crippen LogP contribution in [0, 0.1) is 11.2 Å². The molecule has 0 saturated carbocycles. The Morgan fingerprint density at radius 3 is 2.82 bits per heavy atom. The molecular formula is C24H22FN5O3. The van der Waals surface area contributed by atoms with Crippen molar-refractivity contribution in [3.05, 3.63) is 87.5 Å². The van der Waals surface area contributed by atoms with Gasteiger partial charge in [0.15, 0.2) is 0 Å². The van der Waals surface area contributed by atoms with Crippen LogP contribution in [0.1, 0.15) is 28.8 Å². The quantitative estimate of drug-likeness (QED) is 0.458. The van der Waals surface area contributed by atoms with E-state index in [2.05, 4.69) is 10.3 Å². The molecule has 1 fully saturated rings. The smallest absolute Gasteiger partial charge is 0.267 e. The monoisotopic (exact) mass is 447 g/mol. The molecule has 0 aliphatic carbocycles. The van der Waals surface area contributed by atoms with Crippen LogP contribution in [-0.2, 0) is 11.3 Å². The second kappa shape index (κ2) is 8.59. The summed E-state index contributed by atoms with van der Waals surface area (Å²) in [5.41, 5.74) is 1.08. The first-order chi connectivity index (χ1) is 16.0. The number of carbonyl (C=O) groups is 1. The lowest BCUT2D eigenvalue weighted by molar-refractivity contribution is 0.0856. The van der Waals surface area contributed by atoms with E-state index in [0.29, 0.717) is 24.4 Å². The first-order valence-corrected chi connectivity index (χ1v) is 10.7. The number of nitrogens with one attached hydrogen (secondary N) is 2. The Bertz CT molecular complexity index is 1470. The number of hydrogen-bond acceptors (Lipinski definition) is 5. The number of halogens is 1. The summed E-state index contributed by atoms with van der Waals surface area (Å²) in [5, 5.41) is 11.8. The Morgan fingerprint density at radius 2 is 2.06 bits per heavy atom. The van der Waals surface area contributed by atoms with E-state index in [9.17, 15) is 14.0 Å². The van der Waals surface area contributed by atoms with Crippen molar-refractivity contribution < 1.29 is 13.9 Å². The van der Waals surface area contributed by atoms with Crippen LogP contribution >= 0.6 is 0 Å². The van der Waals surface area contributed by atoms with Crippen molar-refractivity contribution >= 4 is 22.6 Å². The molecule has 1 saturated heterocycles. The van der Waals surface area contributed by atoms with Gasteiger partial charge >= 0.3 is 0 Å². The number of carbonyl (C=O) groups excluding carboxylic acids is 1. The molecule has 1 aromatic carbocycles. The maximum atomic E-state index is 13.4. The van der Waals surface area contributed by atoms with Crippen molar-refractivity contribution in [1.29, 1.82) is 5.41 Å². The highest BCUT2D eigenvalue weighted by atomic mass is 19.1. The Kier molecular flexibility index (Phi) is 5.47. The molecule has 168 valence electrons. The molecular weight excluding hydrogens is 425 g/mol. The zero-order valence-electron chi connectivity index (χ0n) is 17.8. The van der Waals surface area contributed by atoms with Crippen LogP contribution in [0.15, 0.2) is 59.5 Å². The Hall–Kier alpha value is -3.85. The molecule has 5 rings (SSSR count). The molecule has 8 nitrogen and oxygen atoms in total. The Labute approximate surface area is 187 Å². The van der Waals surface area contributed by atoms with E-state index in [1.807, 2.05) is 0 Å². The van der Waals surface area contributed by atoms with Crippen molar-refractivity contribution in [2.24, 2.45) is 0 Å². The summed E-state index contributed by atoms with van der Waals surface area (Å²) in [6.45, 7) is 1.16. The molecule has 33 heavy (non-hydrogen) atoms. The van der Waals surface area contributed by atoms with E-state index in [4.69, 9.17) is 10.1 Å². The van der Waals surface area contributed by atoms with Crippen LogP contribution < -0.4 is 16.4 Å². The van der Waals surface area contributed by atoms with Crippen LogP contribution in [0.4, 0.5) is 4.39 Å². The van der Waals surface area contributed by atoms with Gasteiger partial charge in [0.05, 0.1) is 23.6 Å². The predicted molar refractivity (Wildman–Crippen MR) is 120 cm³/mol. The number of ether oxygens (including phenoxy) is 1. The number of amides is 1. The minimum Gasteiger partial charge on any atom is -0.376 e. The van der Waals surface area contributed by atoms with Crippen LogP contribution in [0.25, 0.3) is 16.7 Å². The van der Waals surface area contributed by atoms with Crippen LogP contribution in [0.2, 0.25) is 0 Å². The summed E-state index contributed by atoms with van der Waals surface area (Å²) in [5.74, 6) is -0.827. The molecule has 4 aromatic rings. The summed E-state index contributed by atoms with van der Waals surface area (Å²) in [6, 6.07) is 12.5. The molecule has 0 unspecified atom stereocenters. The van der Waals surface area contributed by atoms with Gasteiger partial charge < -0.3 is 14.6 Å². The highest BCUT2D eigenvalue weighted by molar-refractivity contribution is 5.96. The second-order valence-electron chi connectivity index (χ2n) is 8.05. The van der Waals surface area contributed by atoms with E-state index in [1.54, 1.807) is 36.5 Å². The average molecular weight is 447 g/mol. The van der Waals surface area contributed by atoms with Gasteiger partial charge in [-0.1, -0.05) is 18.2 Å². The summed E-state index contributed by atoms with van der Waals surface area (Å²) < 4.78 is 21.9. The van der Waals surface area contributed by atoms with Crippen LogP contribution in [0.5, 0.6) is 0 Å². The number of nitrogens with zero attached hydrogens (tertiary/aromatic N) is 3. The summed E-state index contributed by atoms with van der Waals surface area (Å²) in [6.07, 6.45) is 3.38. The lowest BCUT2D eigenvalue weighted by Crippen LogP contribution is -2.38. The fourth-order valence-electron chi connectivity index (χ4n) is 4.09. The zero-order chi connectivity index (χ0) is 22.9. The van der Waals surface area contributed by atoms with Gasteiger partial charge in [-0.2, -0.15) is 0 Å². The maximum absolute atomic E-state index is 13.4. The fourth-order valence-corrected chi connectivity index (χ4v) is 4.09. The number of benzene rings is 1. The molecule has 0 radical (unpaired) electrons. The first-order valence-electron chi connectivity index (χ1n) is 10.7. The molecule has 3 aromatic heterocycles. The molecule has 1 amide bonds. The minimum absolute atomic E-state index is 0.0498. The largest absolute Gasteiger partial charge is 0.376 e. The molecule has 9 heteroatoms. The number of rotatable bonds is 5. The van der Waals surface area contributed by atoms with Crippen molar-refractivity contribution in [2.45, 2.75) is 25.5 Å². The zero-order valence-corrected chi connectivity index (χ0v) is 17.8. The minimum atomic E-state index is -0.456. The van der Waals surface area contributed by atoms with Gasteiger partial charge in [-0.05, 0) is 48.7 Å². The third kappa shape index (κ3) is 4.03. The van der Waals surface area contributed by atoms with Crippen molar-refractivity contribution in [3.8, 4) is 0 Å². The SMILES string of the molecule is N=c1c(C(=O)NC[C@@H]2CCCO2)cc2c(=O)n3ccccc3nc2n1Cc1ccc(F)cc1. The van der Waals surface area contributed by atoms with Gasteiger partial charge in [0, 0.05) is 19.3 Å². The second-order valence-corrected chi connectivity index (χ2v) is 8.05. The Morgan fingerprint density at radius 1 is 1.24 bits per heavy atom. The lowest BCUT2D eigenvalue weighted by atomic mass is 10.1. The standard InChI is InChI=1S/C24H22FN5O3/c25-16-8-6-15(7-9-16)14-30-21(26)18(23(31)27-13-17-4-3-11-33-17)12-19-22(30)28-20-5-1-2-10-29(20)24(19)32/h1-2,5-10,12,17,26H,3-4,11,13-14H2,(H,27,31)/t17-/m0/s1. The van der Waals surface area contributed by atoms with Crippen molar-refractivity contribution in [2.75, 3.05) is 13.2 Å². The van der Waals surface area contributed by atoms with Gasteiger partial charge in [-0.15, -0.1) is 0 Å². The third-order valence-electron chi connectivity index (χ3n) is 5.83.